The molecule has 0 spiro atoms. The number of carbonyl (C=O) groups is 1. The lowest BCUT2D eigenvalue weighted by atomic mass is 10.2. The first-order valence-electron chi connectivity index (χ1n) is 4.68. The molecule has 16 heavy (non-hydrogen) atoms. The number of thiophene rings is 1. The fourth-order valence-electron chi connectivity index (χ4n) is 1.25. The molecule has 0 N–H and O–H groups in total. The molecular weight excluding hydrogens is 288 g/mol. The van der Waals surface area contributed by atoms with Gasteiger partial charge in [0.2, 0.25) is 0 Å². The fourth-order valence-corrected chi connectivity index (χ4v) is 2.19. The van der Waals surface area contributed by atoms with Crippen LogP contribution in [0.2, 0.25) is 0 Å². The van der Waals surface area contributed by atoms with E-state index in [1.54, 1.807) is 12.1 Å². The number of carbonyl (C=O) groups excluding carboxylic acids is 1. The third-order valence-electron chi connectivity index (χ3n) is 2.07. The lowest BCUT2D eigenvalue weighted by Gasteiger charge is -2.04. The normalized spacial score (nSPS) is 10.1. The summed E-state index contributed by atoms with van der Waals surface area (Å²) in [6.45, 7) is 2.00. The molecule has 0 saturated heterocycles. The molecule has 0 radical (unpaired) electrons. The van der Waals surface area contributed by atoms with Crippen LogP contribution in [0, 0.1) is 6.92 Å². The molecule has 0 saturated carbocycles. The van der Waals surface area contributed by atoms with E-state index in [0.29, 0.717) is 4.88 Å². The summed E-state index contributed by atoms with van der Waals surface area (Å²) in [7, 11) is 0. The van der Waals surface area contributed by atoms with Crippen molar-refractivity contribution in [3.05, 3.63) is 45.2 Å². The van der Waals surface area contributed by atoms with Crippen LogP contribution < -0.4 is 4.74 Å². The van der Waals surface area contributed by atoms with Crippen molar-refractivity contribution in [3.63, 3.8) is 0 Å². The Balaban J connectivity index is 2.20. The second-order valence-electron chi connectivity index (χ2n) is 3.29. The molecule has 82 valence electrons. The van der Waals surface area contributed by atoms with Crippen molar-refractivity contribution in [2.45, 2.75) is 6.92 Å². The van der Waals surface area contributed by atoms with Crippen molar-refractivity contribution in [2.75, 3.05) is 0 Å². The number of halogens is 1. The van der Waals surface area contributed by atoms with Crippen LogP contribution in [0.3, 0.4) is 0 Å². The Morgan fingerprint density at radius 2 is 2.12 bits per heavy atom. The number of ether oxygens (including phenoxy) is 1. The van der Waals surface area contributed by atoms with E-state index < -0.39 is 0 Å². The third-order valence-corrected chi connectivity index (χ3v) is 3.84. The fraction of sp³-hybridized carbons (Fsp3) is 0.0833. The molecule has 2 aromatic rings. The minimum Gasteiger partial charge on any atom is -0.447 e. The minimum atomic E-state index is 0.670. The van der Waals surface area contributed by atoms with E-state index >= 15 is 0 Å². The molecule has 2 rings (SSSR count). The number of hydrogen-bond acceptors (Lipinski definition) is 3. The van der Waals surface area contributed by atoms with Gasteiger partial charge in [0, 0.05) is 4.47 Å². The average Bonchev–Trinajstić information content (AvgIpc) is 2.71. The molecule has 1 aromatic carbocycles. The maximum atomic E-state index is 10.5. The van der Waals surface area contributed by atoms with E-state index in [-0.39, 0.29) is 0 Å². The highest BCUT2D eigenvalue weighted by atomic mass is 79.9. The molecule has 0 aliphatic rings. The molecular formula is C12H9BrO2S. The van der Waals surface area contributed by atoms with Gasteiger partial charge in [0.15, 0.2) is 11.3 Å². The van der Waals surface area contributed by atoms with E-state index in [0.717, 1.165) is 27.1 Å². The van der Waals surface area contributed by atoms with Gasteiger partial charge in [-0.05, 0) is 42.8 Å². The first-order valence-corrected chi connectivity index (χ1v) is 6.29. The Bertz CT molecular complexity index is 519. The smallest absolute Gasteiger partial charge is 0.181 e. The third kappa shape index (κ3) is 2.51. The van der Waals surface area contributed by atoms with Crippen molar-refractivity contribution in [3.8, 4) is 10.8 Å². The molecule has 1 aromatic heterocycles. The van der Waals surface area contributed by atoms with Crippen LogP contribution in [0.4, 0.5) is 0 Å². The van der Waals surface area contributed by atoms with Crippen LogP contribution in [-0.4, -0.2) is 6.29 Å². The van der Waals surface area contributed by atoms with Crippen molar-refractivity contribution >= 4 is 33.6 Å². The largest absolute Gasteiger partial charge is 0.447 e. The Morgan fingerprint density at radius 1 is 1.31 bits per heavy atom. The average molecular weight is 297 g/mol. The summed E-state index contributed by atoms with van der Waals surface area (Å²) in [6.07, 6.45) is 0.824. The number of aldehydes is 1. The standard InChI is InChI=1S/C12H9BrO2S/c1-8-6-9(2-4-11(8)13)15-12-5-3-10(7-14)16-12/h2-7H,1H3. The van der Waals surface area contributed by atoms with Gasteiger partial charge >= 0.3 is 0 Å². The number of rotatable bonds is 3. The summed E-state index contributed by atoms with van der Waals surface area (Å²) in [5.74, 6) is 0.778. The highest BCUT2D eigenvalue weighted by Crippen LogP contribution is 2.30. The topological polar surface area (TPSA) is 26.3 Å². The number of benzene rings is 1. The van der Waals surface area contributed by atoms with Crippen LogP contribution in [0.25, 0.3) is 0 Å². The maximum Gasteiger partial charge on any atom is 0.181 e. The zero-order valence-electron chi connectivity index (χ0n) is 8.57. The van der Waals surface area contributed by atoms with E-state index in [1.165, 1.54) is 11.3 Å². The van der Waals surface area contributed by atoms with Gasteiger partial charge in [-0.2, -0.15) is 0 Å². The van der Waals surface area contributed by atoms with Gasteiger partial charge < -0.3 is 4.74 Å². The zero-order valence-corrected chi connectivity index (χ0v) is 11.0. The van der Waals surface area contributed by atoms with Crippen molar-refractivity contribution in [1.82, 2.24) is 0 Å². The monoisotopic (exact) mass is 296 g/mol. The van der Waals surface area contributed by atoms with Crippen LogP contribution in [0.15, 0.2) is 34.8 Å². The SMILES string of the molecule is Cc1cc(Oc2ccc(C=O)s2)ccc1Br. The lowest BCUT2D eigenvalue weighted by Crippen LogP contribution is -1.82. The van der Waals surface area contributed by atoms with E-state index in [1.807, 2.05) is 25.1 Å². The quantitative estimate of drug-likeness (QED) is 0.784. The summed E-state index contributed by atoms with van der Waals surface area (Å²) in [4.78, 5) is 11.2. The Labute approximate surface area is 106 Å². The van der Waals surface area contributed by atoms with Gasteiger partial charge in [-0.3, -0.25) is 4.79 Å². The van der Waals surface area contributed by atoms with Crippen LogP contribution in [0.1, 0.15) is 15.2 Å². The van der Waals surface area contributed by atoms with Crippen molar-refractivity contribution in [1.29, 1.82) is 0 Å². The van der Waals surface area contributed by atoms with Gasteiger partial charge in [0.25, 0.3) is 0 Å². The highest BCUT2D eigenvalue weighted by molar-refractivity contribution is 9.10. The molecule has 1 heterocycles. The molecule has 0 amide bonds. The summed E-state index contributed by atoms with van der Waals surface area (Å²) in [5.41, 5.74) is 1.12. The maximum absolute atomic E-state index is 10.5. The summed E-state index contributed by atoms with van der Waals surface area (Å²) < 4.78 is 6.69. The van der Waals surface area contributed by atoms with Gasteiger partial charge in [0.05, 0.1) is 4.88 Å². The van der Waals surface area contributed by atoms with Crippen LogP contribution in [-0.2, 0) is 0 Å². The molecule has 4 heteroatoms. The first-order chi connectivity index (χ1) is 7.69. The van der Waals surface area contributed by atoms with Crippen LogP contribution >= 0.6 is 27.3 Å². The van der Waals surface area contributed by atoms with Crippen LogP contribution in [0.5, 0.6) is 10.8 Å². The van der Waals surface area contributed by atoms with E-state index in [2.05, 4.69) is 15.9 Å². The second kappa shape index (κ2) is 4.80. The van der Waals surface area contributed by atoms with Gasteiger partial charge in [-0.25, -0.2) is 0 Å². The molecule has 0 unspecified atom stereocenters. The minimum absolute atomic E-state index is 0.670. The molecule has 0 aliphatic carbocycles. The van der Waals surface area contributed by atoms with E-state index in [9.17, 15) is 4.79 Å². The molecule has 0 bridgehead atoms. The predicted octanol–water partition coefficient (Wildman–Crippen LogP) is 4.42. The first kappa shape index (κ1) is 11.4. The van der Waals surface area contributed by atoms with E-state index in [4.69, 9.17) is 4.74 Å². The molecule has 2 nitrogen and oxygen atoms in total. The molecule has 0 aliphatic heterocycles. The predicted molar refractivity (Wildman–Crippen MR) is 68.7 cm³/mol. The van der Waals surface area contributed by atoms with Gasteiger partial charge in [-0.1, -0.05) is 27.3 Å². The Hall–Kier alpha value is -1.13. The lowest BCUT2D eigenvalue weighted by molar-refractivity contribution is 0.112. The highest BCUT2D eigenvalue weighted by Gasteiger charge is 2.03. The second-order valence-corrected chi connectivity index (χ2v) is 5.22. The number of aryl methyl sites for hydroxylation is 1. The number of hydrogen-bond donors (Lipinski definition) is 0. The Kier molecular flexibility index (Phi) is 3.41. The zero-order chi connectivity index (χ0) is 11.5. The summed E-state index contributed by atoms with van der Waals surface area (Å²) >= 11 is 4.77. The van der Waals surface area contributed by atoms with Crippen molar-refractivity contribution < 1.29 is 9.53 Å². The van der Waals surface area contributed by atoms with Gasteiger partial charge in [0.1, 0.15) is 5.75 Å². The summed E-state index contributed by atoms with van der Waals surface area (Å²) in [5, 5.41) is 0.726. The molecule has 0 atom stereocenters. The summed E-state index contributed by atoms with van der Waals surface area (Å²) in [6, 6.07) is 9.32. The Morgan fingerprint density at radius 3 is 2.75 bits per heavy atom. The molecule has 0 fully saturated rings. The van der Waals surface area contributed by atoms with Crippen molar-refractivity contribution in [2.24, 2.45) is 0 Å². The van der Waals surface area contributed by atoms with Gasteiger partial charge in [-0.15, -0.1) is 0 Å².